The lowest BCUT2D eigenvalue weighted by Crippen LogP contribution is -2.58. The fourth-order valence-corrected chi connectivity index (χ4v) is 3.78. The van der Waals surface area contributed by atoms with E-state index in [1.807, 2.05) is 12.1 Å². The molecule has 2 heterocycles. The molecule has 110 valence electrons. The molecule has 4 nitrogen and oxygen atoms in total. The zero-order valence-electron chi connectivity index (χ0n) is 12.7. The second-order valence-corrected chi connectivity index (χ2v) is 5.77. The van der Waals surface area contributed by atoms with Gasteiger partial charge in [-0.05, 0) is 38.5 Å². The fourth-order valence-electron chi connectivity index (χ4n) is 3.78. The summed E-state index contributed by atoms with van der Waals surface area (Å²) in [6.07, 6.45) is 7.20. The minimum absolute atomic E-state index is 0.103. The summed E-state index contributed by atoms with van der Waals surface area (Å²) >= 11 is 0. The molecule has 2 fully saturated rings. The summed E-state index contributed by atoms with van der Waals surface area (Å²) in [6, 6.07) is 0.356. The first-order valence-corrected chi connectivity index (χ1v) is 7.80. The van der Waals surface area contributed by atoms with E-state index in [-0.39, 0.29) is 5.60 Å². The summed E-state index contributed by atoms with van der Waals surface area (Å²) in [5, 5.41) is 4.33. The van der Waals surface area contributed by atoms with Crippen LogP contribution in [0.15, 0.2) is 0 Å². The number of nitrogens with zero attached hydrogens (tertiary/aromatic N) is 2. The third-order valence-corrected chi connectivity index (χ3v) is 5.04. The normalized spacial score (nSPS) is 26.2. The smallest absolute Gasteiger partial charge is 0.236 e. The number of carbonyl (C=O) groups is 1. The molecule has 2 aliphatic heterocycles. The van der Waals surface area contributed by atoms with Crippen molar-refractivity contribution in [2.75, 3.05) is 20.2 Å². The van der Waals surface area contributed by atoms with Gasteiger partial charge in [0.2, 0.25) is 5.91 Å². The number of amides is 1. The van der Waals surface area contributed by atoms with Crippen LogP contribution in [0.25, 0.3) is 0 Å². The van der Waals surface area contributed by atoms with Crippen LogP contribution in [0.1, 0.15) is 58.8 Å². The van der Waals surface area contributed by atoms with Gasteiger partial charge in [0.25, 0.3) is 0 Å². The van der Waals surface area contributed by atoms with Crippen molar-refractivity contribution in [1.82, 2.24) is 10.0 Å². The molecule has 1 atom stereocenters. The Kier molecular flexibility index (Phi) is 4.85. The molecule has 0 spiro atoms. The van der Waals surface area contributed by atoms with Gasteiger partial charge in [-0.2, -0.15) is 0 Å². The predicted octanol–water partition coefficient (Wildman–Crippen LogP) is 2.58. The summed E-state index contributed by atoms with van der Waals surface area (Å²) in [4.78, 5) is 12.2. The largest absolute Gasteiger partial charge is 0.377 e. The number of ether oxygens (including phenoxy) is 1. The molecule has 4 heteroatoms. The Morgan fingerprint density at radius 2 is 1.95 bits per heavy atom. The first kappa shape index (κ1) is 14.8. The van der Waals surface area contributed by atoms with Crippen LogP contribution in [-0.2, 0) is 9.53 Å². The molecule has 1 amide bonds. The van der Waals surface area contributed by atoms with Crippen molar-refractivity contribution in [3.05, 3.63) is 0 Å². The van der Waals surface area contributed by atoms with E-state index < -0.39 is 0 Å². The molecule has 2 saturated heterocycles. The van der Waals surface area contributed by atoms with Crippen molar-refractivity contribution < 1.29 is 9.53 Å². The molecule has 0 aromatic carbocycles. The highest BCUT2D eigenvalue weighted by Crippen LogP contribution is 2.36. The summed E-state index contributed by atoms with van der Waals surface area (Å²) in [7, 11) is 1.82. The van der Waals surface area contributed by atoms with Gasteiger partial charge >= 0.3 is 0 Å². The van der Waals surface area contributed by atoms with Crippen molar-refractivity contribution in [2.24, 2.45) is 0 Å². The van der Waals surface area contributed by atoms with E-state index in [0.29, 0.717) is 18.4 Å². The van der Waals surface area contributed by atoms with Crippen LogP contribution < -0.4 is 0 Å². The van der Waals surface area contributed by atoms with Crippen LogP contribution >= 0.6 is 0 Å². The quantitative estimate of drug-likeness (QED) is 0.768. The molecule has 2 aliphatic rings. The van der Waals surface area contributed by atoms with Gasteiger partial charge in [0.15, 0.2) is 0 Å². The number of piperidine rings is 1. The number of carbonyl (C=O) groups excluding carboxylic acids is 1. The number of hydrogen-bond donors (Lipinski definition) is 0. The van der Waals surface area contributed by atoms with Crippen LogP contribution in [0.2, 0.25) is 0 Å². The highest BCUT2D eigenvalue weighted by molar-refractivity contribution is 5.76. The highest BCUT2D eigenvalue weighted by Gasteiger charge is 2.45. The van der Waals surface area contributed by atoms with Gasteiger partial charge in [0.1, 0.15) is 0 Å². The van der Waals surface area contributed by atoms with Gasteiger partial charge in [-0.1, -0.05) is 13.8 Å². The Bertz CT molecular complexity index is 307. The standard InChI is InChI=1S/C15H28N2O2/c1-4-15(5-2,19-3)13-9-8-12-16(13)17-11-7-6-10-14(17)18/h13H,4-12H2,1-3H3/t13-/m0/s1. The van der Waals surface area contributed by atoms with E-state index in [1.165, 1.54) is 6.42 Å². The zero-order valence-corrected chi connectivity index (χ0v) is 12.7. The Morgan fingerprint density at radius 1 is 1.21 bits per heavy atom. The van der Waals surface area contributed by atoms with E-state index in [4.69, 9.17) is 4.74 Å². The molecule has 0 unspecified atom stereocenters. The van der Waals surface area contributed by atoms with Crippen LogP contribution in [0.4, 0.5) is 0 Å². The van der Waals surface area contributed by atoms with Gasteiger partial charge in [0, 0.05) is 26.6 Å². The van der Waals surface area contributed by atoms with Crippen molar-refractivity contribution in [3.8, 4) is 0 Å². The van der Waals surface area contributed by atoms with E-state index in [2.05, 4.69) is 18.9 Å². The monoisotopic (exact) mass is 268 g/mol. The average Bonchev–Trinajstić information content (AvgIpc) is 2.92. The highest BCUT2D eigenvalue weighted by atomic mass is 16.5. The second kappa shape index (κ2) is 6.23. The summed E-state index contributed by atoms with van der Waals surface area (Å²) < 4.78 is 5.90. The van der Waals surface area contributed by atoms with Crippen molar-refractivity contribution in [3.63, 3.8) is 0 Å². The van der Waals surface area contributed by atoms with E-state index >= 15 is 0 Å². The zero-order chi connectivity index (χ0) is 13.9. The van der Waals surface area contributed by atoms with Gasteiger partial charge in [-0.15, -0.1) is 0 Å². The third kappa shape index (κ3) is 2.65. The Morgan fingerprint density at radius 3 is 2.53 bits per heavy atom. The lowest BCUT2D eigenvalue weighted by atomic mass is 9.87. The molecule has 0 N–H and O–H groups in total. The first-order valence-electron chi connectivity index (χ1n) is 7.80. The number of hydrazine groups is 1. The SMILES string of the molecule is CCC(CC)(OC)[C@@H]1CCCN1N1CCCCC1=O. The number of methoxy groups -OCH3 is 1. The van der Waals surface area contributed by atoms with Gasteiger partial charge in [0.05, 0.1) is 11.6 Å². The van der Waals surface area contributed by atoms with Crippen molar-refractivity contribution >= 4 is 5.91 Å². The topological polar surface area (TPSA) is 32.8 Å². The van der Waals surface area contributed by atoms with Gasteiger partial charge in [-0.3, -0.25) is 9.80 Å². The lowest BCUT2D eigenvalue weighted by Gasteiger charge is -2.46. The second-order valence-electron chi connectivity index (χ2n) is 5.77. The minimum atomic E-state index is -0.103. The van der Waals surface area contributed by atoms with E-state index in [1.54, 1.807) is 0 Å². The molecular formula is C15H28N2O2. The third-order valence-electron chi connectivity index (χ3n) is 5.04. The molecule has 0 aromatic heterocycles. The van der Waals surface area contributed by atoms with Crippen LogP contribution in [0.5, 0.6) is 0 Å². The molecule has 0 radical (unpaired) electrons. The maximum absolute atomic E-state index is 12.2. The molecule has 19 heavy (non-hydrogen) atoms. The summed E-state index contributed by atoms with van der Waals surface area (Å²) in [5.41, 5.74) is -0.103. The molecule has 2 rings (SSSR count). The van der Waals surface area contributed by atoms with Crippen molar-refractivity contribution in [1.29, 1.82) is 0 Å². The Hall–Kier alpha value is -0.610. The maximum Gasteiger partial charge on any atom is 0.236 e. The van der Waals surface area contributed by atoms with Crippen LogP contribution in [0, 0.1) is 0 Å². The molecular weight excluding hydrogens is 240 g/mol. The average molecular weight is 268 g/mol. The number of rotatable bonds is 5. The Balaban J connectivity index is 2.17. The van der Waals surface area contributed by atoms with Gasteiger partial charge in [-0.25, -0.2) is 5.01 Å². The minimum Gasteiger partial charge on any atom is -0.377 e. The lowest BCUT2D eigenvalue weighted by molar-refractivity contribution is -0.170. The van der Waals surface area contributed by atoms with Crippen LogP contribution in [-0.4, -0.2) is 47.8 Å². The predicted molar refractivity (Wildman–Crippen MR) is 75.6 cm³/mol. The summed E-state index contributed by atoms with van der Waals surface area (Å²) in [6.45, 7) is 6.28. The molecule has 0 saturated carbocycles. The van der Waals surface area contributed by atoms with E-state index in [9.17, 15) is 4.79 Å². The first-order chi connectivity index (χ1) is 9.18. The molecule has 0 aromatic rings. The summed E-state index contributed by atoms with van der Waals surface area (Å²) in [5.74, 6) is 0.301. The van der Waals surface area contributed by atoms with Crippen molar-refractivity contribution in [2.45, 2.75) is 70.4 Å². The number of hydrogen-bond acceptors (Lipinski definition) is 3. The Labute approximate surface area is 117 Å². The van der Waals surface area contributed by atoms with Crippen LogP contribution in [0.3, 0.4) is 0 Å². The molecule has 0 aliphatic carbocycles. The molecule has 0 bridgehead atoms. The fraction of sp³-hybridized carbons (Fsp3) is 0.933. The van der Waals surface area contributed by atoms with E-state index in [0.717, 1.165) is 45.2 Å². The van der Waals surface area contributed by atoms with Gasteiger partial charge < -0.3 is 4.74 Å². The maximum atomic E-state index is 12.2.